The number of carbonyl (C=O) groups excluding carboxylic acids is 1. The Hall–Kier alpha value is -2.36. The standard InChI is InChI=1S/C14H14N2O2/c1-10-5-6-11(14(15)17)8-13(10)18-9-12-4-2-3-7-16-12/h2-8H,9H2,1H3,(H2,15,17). The smallest absolute Gasteiger partial charge is 0.248 e. The van der Waals surface area contributed by atoms with Crippen LogP contribution in [0.3, 0.4) is 0 Å². The van der Waals surface area contributed by atoms with E-state index >= 15 is 0 Å². The highest BCUT2D eigenvalue weighted by molar-refractivity contribution is 5.93. The molecule has 92 valence electrons. The second-order valence-corrected chi connectivity index (χ2v) is 3.95. The molecule has 2 rings (SSSR count). The highest BCUT2D eigenvalue weighted by atomic mass is 16.5. The third kappa shape index (κ3) is 2.85. The summed E-state index contributed by atoms with van der Waals surface area (Å²) < 4.78 is 5.64. The summed E-state index contributed by atoms with van der Waals surface area (Å²) in [5.74, 6) is 0.189. The number of primary amides is 1. The SMILES string of the molecule is Cc1ccc(C(N)=O)cc1OCc1ccccn1. The Balaban J connectivity index is 2.14. The van der Waals surface area contributed by atoms with Gasteiger partial charge >= 0.3 is 0 Å². The second-order valence-electron chi connectivity index (χ2n) is 3.95. The number of pyridine rings is 1. The van der Waals surface area contributed by atoms with Gasteiger partial charge in [-0.2, -0.15) is 0 Å². The van der Waals surface area contributed by atoms with Crippen molar-refractivity contribution in [3.05, 3.63) is 59.4 Å². The third-order valence-corrected chi connectivity index (χ3v) is 2.57. The maximum atomic E-state index is 11.1. The maximum Gasteiger partial charge on any atom is 0.248 e. The fourth-order valence-electron chi connectivity index (χ4n) is 1.54. The van der Waals surface area contributed by atoms with Gasteiger partial charge in [0.25, 0.3) is 0 Å². The Bertz CT molecular complexity index is 553. The number of hydrogen-bond acceptors (Lipinski definition) is 3. The van der Waals surface area contributed by atoms with Crippen LogP contribution in [0, 0.1) is 6.92 Å². The lowest BCUT2D eigenvalue weighted by molar-refractivity contribution is 0.1000. The molecule has 1 aromatic heterocycles. The van der Waals surface area contributed by atoms with E-state index in [0.29, 0.717) is 17.9 Å². The average molecular weight is 242 g/mol. The van der Waals surface area contributed by atoms with Crippen LogP contribution in [0.4, 0.5) is 0 Å². The van der Waals surface area contributed by atoms with Gasteiger partial charge in [-0.15, -0.1) is 0 Å². The van der Waals surface area contributed by atoms with Gasteiger partial charge in [-0.3, -0.25) is 9.78 Å². The van der Waals surface area contributed by atoms with Crippen LogP contribution in [0.15, 0.2) is 42.6 Å². The molecule has 0 unspecified atom stereocenters. The minimum absolute atomic E-state index is 0.365. The Labute approximate surface area is 105 Å². The molecule has 2 aromatic rings. The van der Waals surface area contributed by atoms with E-state index in [9.17, 15) is 4.79 Å². The van der Waals surface area contributed by atoms with Crippen molar-refractivity contribution < 1.29 is 9.53 Å². The van der Waals surface area contributed by atoms with E-state index in [-0.39, 0.29) is 0 Å². The molecule has 2 N–H and O–H groups in total. The Kier molecular flexibility index (Phi) is 3.57. The molecule has 18 heavy (non-hydrogen) atoms. The number of benzene rings is 1. The van der Waals surface area contributed by atoms with Gasteiger partial charge in [0, 0.05) is 11.8 Å². The molecule has 4 heteroatoms. The van der Waals surface area contributed by atoms with E-state index in [0.717, 1.165) is 11.3 Å². The zero-order valence-electron chi connectivity index (χ0n) is 10.1. The molecular formula is C14H14N2O2. The van der Waals surface area contributed by atoms with Crippen LogP contribution in [0.1, 0.15) is 21.6 Å². The third-order valence-electron chi connectivity index (χ3n) is 2.57. The van der Waals surface area contributed by atoms with E-state index in [1.54, 1.807) is 18.3 Å². The normalized spacial score (nSPS) is 10.1. The van der Waals surface area contributed by atoms with Gasteiger partial charge in [-0.05, 0) is 36.8 Å². The van der Waals surface area contributed by atoms with Gasteiger partial charge in [-0.25, -0.2) is 0 Å². The number of carbonyl (C=O) groups is 1. The van der Waals surface area contributed by atoms with Crippen LogP contribution in [-0.4, -0.2) is 10.9 Å². The fourth-order valence-corrected chi connectivity index (χ4v) is 1.54. The molecule has 0 aliphatic carbocycles. The molecule has 0 spiro atoms. The van der Waals surface area contributed by atoms with Gasteiger partial charge in [0.05, 0.1) is 5.69 Å². The van der Waals surface area contributed by atoms with E-state index in [2.05, 4.69) is 4.98 Å². The predicted molar refractivity (Wildman–Crippen MR) is 68.3 cm³/mol. The lowest BCUT2D eigenvalue weighted by Gasteiger charge is -2.09. The predicted octanol–water partition coefficient (Wildman–Crippen LogP) is 2.07. The second kappa shape index (κ2) is 5.31. The summed E-state index contributed by atoms with van der Waals surface area (Å²) in [7, 11) is 0. The maximum absolute atomic E-state index is 11.1. The van der Waals surface area contributed by atoms with Crippen molar-refractivity contribution in [1.82, 2.24) is 4.98 Å². The first kappa shape index (κ1) is 12.1. The van der Waals surface area contributed by atoms with Crippen molar-refractivity contribution in [2.45, 2.75) is 13.5 Å². The number of nitrogens with two attached hydrogens (primary N) is 1. The van der Waals surface area contributed by atoms with Crippen LogP contribution >= 0.6 is 0 Å². The molecule has 0 bridgehead atoms. The van der Waals surface area contributed by atoms with Crippen molar-refractivity contribution in [3.63, 3.8) is 0 Å². The first-order valence-electron chi connectivity index (χ1n) is 5.60. The number of hydrogen-bond donors (Lipinski definition) is 1. The highest BCUT2D eigenvalue weighted by Crippen LogP contribution is 2.20. The monoisotopic (exact) mass is 242 g/mol. The molecule has 4 nitrogen and oxygen atoms in total. The van der Waals surface area contributed by atoms with Crippen LogP contribution in [0.2, 0.25) is 0 Å². The summed E-state index contributed by atoms with van der Waals surface area (Å²) in [5.41, 5.74) is 7.46. The zero-order chi connectivity index (χ0) is 13.0. The van der Waals surface area contributed by atoms with Crippen LogP contribution in [0.5, 0.6) is 5.75 Å². The average Bonchev–Trinajstić information content (AvgIpc) is 2.38. The van der Waals surface area contributed by atoms with Crippen molar-refractivity contribution in [2.24, 2.45) is 5.73 Å². The van der Waals surface area contributed by atoms with E-state index in [4.69, 9.17) is 10.5 Å². The van der Waals surface area contributed by atoms with Crippen LogP contribution in [-0.2, 0) is 6.61 Å². The summed E-state index contributed by atoms with van der Waals surface area (Å²) >= 11 is 0. The number of rotatable bonds is 4. The fraction of sp³-hybridized carbons (Fsp3) is 0.143. The van der Waals surface area contributed by atoms with E-state index in [1.807, 2.05) is 31.2 Å². The van der Waals surface area contributed by atoms with Crippen molar-refractivity contribution in [3.8, 4) is 5.75 Å². The molecule has 0 atom stereocenters. The molecule has 0 saturated heterocycles. The summed E-state index contributed by atoms with van der Waals surface area (Å²) in [6.07, 6.45) is 1.71. The highest BCUT2D eigenvalue weighted by Gasteiger charge is 2.06. The lowest BCUT2D eigenvalue weighted by Crippen LogP contribution is -2.11. The minimum Gasteiger partial charge on any atom is -0.487 e. The molecule has 1 heterocycles. The van der Waals surface area contributed by atoms with Gasteiger partial charge in [-0.1, -0.05) is 12.1 Å². The first-order valence-corrected chi connectivity index (χ1v) is 5.60. The Morgan fingerprint density at radius 1 is 1.33 bits per heavy atom. The van der Waals surface area contributed by atoms with Gasteiger partial charge in [0.2, 0.25) is 5.91 Å². The summed E-state index contributed by atoms with van der Waals surface area (Å²) in [5, 5.41) is 0. The molecule has 0 fully saturated rings. The molecule has 1 amide bonds. The summed E-state index contributed by atoms with van der Waals surface area (Å²) in [6, 6.07) is 10.8. The van der Waals surface area contributed by atoms with Gasteiger partial charge in [0.15, 0.2) is 0 Å². The zero-order valence-corrected chi connectivity index (χ0v) is 10.1. The molecular weight excluding hydrogens is 228 g/mol. The largest absolute Gasteiger partial charge is 0.487 e. The topological polar surface area (TPSA) is 65.2 Å². The molecule has 0 saturated carbocycles. The van der Waals surface area contributed by atoms with Crippen molar-refractivity contribution in [2.75, 3.05) is 0 Å². The summed E-state index contributed by atoms with van der Waals surface area (Å²) in [4.78, 5) is 15.3. The molecule has 0 aliphatic rings. The van der Waals surface area contributed by atoms with E-state index in [1.165, 1.54) is 0 Å². The van der Waals surface area contributed by atoms with Gasteiger partial charge < -0.3 is 10.5 Å². The quantitative estimate of drug-likeness (QED) is 0.892. The lowest BCUT2D eigenvalue weighted by atomic mass is 10.1. The number of ether oxygens (including phenoxy) is 1. The Morgan fingerprint density at radius 2 is 2.17 bits per heavy atom. The molecule has 0 aliphatic heterocycles. The number of aryl methyl sites for hydroxylation is 1. The number of amides is 1. The van der Waals surface area contributed by atoms with Crippen LogP contribution < -0.4 is 10.5 Å². The van der Waals surface area contributed by atoms with Crippen molar-refractivity contribution in [1.29, 1.82) is 0 Å². The number of nitrogens with zero attached hydrogens (tertiary/aromatic N) is 1. The summed E-state index contributed by atoms with van der Waals surface area (Å²) in [6.45, 7) is 2.28. The van der Waals surface area contributed by atoms with Crippen molar-refractivity contribution >= 4 is 5.91 Å². The minimum atomic E-state index is -0.460. The van der Waals surface area contributed by atoms with Gasteiger partial charge in [0.1, 0.15) is 12.4 Å². The first-order chi connectivity index (χ1) is 8.66. The Morgan fingerprint density at radius 3 is 2.83 bits per heavy atom. The number of aromatic nitrogens is 1. The molecule has 0 radical (unpaired) electrons. The van der Waals surface area contributed by atoms with Crippen LogP contribution in [0.25, 0.3) is 0 Å². The molecule has 1 aromatic carbocycles. The van der Waals surface area contributed by atoms with E-state index < -0.39 is 5.91 Å².